The Balaban J connectivity index is 1.67. The monoisotopic (exact) mass is 353 g/mol. The number of para-hydroxylation sites is 1. The SMILES string of the molecule is Nc1ncccc1C(=O)NCc1cccc(Oc2ccccc2Cl)c1. The lowest BCUT2D eigenvalue weighted by atomic mass is 10.2. The number of benzene rings is 2. The molecule has 0 unspecified atom stereocenters. The van der Waals surface area contributed by atoms with E-state index in [9.17, 15) is 4.79 Å². The molecule has 1 amide bonds. The highest BCUT2D eigenvalue weighted by Crippen LogP contribution is 2.29. The fraction of sp³-hybridized carbons (Fsp3) is 0.0526. The van der Waals surface area contributed by atoms with Gasteiger partial charge in [-0.15, -0.1) is 0 Å². The molecule has 0 aliphatic carbocycles. The standard InChI is InChI=1S/C19H16ClN3O2/c20-16-8-1-2-9-17(16)25-14-6-3-5-13(11-14)12-23-19(24)15-7-4-10-22-18(15)21/h1-11H,12H2,(H2,21,22)(H,23,24). The summed E-state index contributed by atoms with van der Waals surface area (Å²) in [5, 5.41) is 3.35. The highest BCUT2D eigenvalue weighted by Gasteiger charge is 2.10. The smallest absolute Gasteiger partial charge is 0.255 e. The molecule has 0 radical (unpaired) electrons. The van der Waals surface area contributed by atoms with Crippen molar-refractivity contribution in [2.24, 2.45) is 0 Å². The molecule has 0 atom stereocenters. The molecular weight excluding hydrogens is 338 g/mol. The van der Waals surface area contributed by atoms with Gasteiger partial charge in [-0.25, -0.2) is 4.98 Å². The number of anilines is 1. The van der Waals surface area contributed by atoms with Gasteiger partial charge in [0.15, 0.2) is 0 Å². The lowest BCUT2D eigenvalue weighted by Crippen LogP contribution is -2.24. The zero-order chi connectivity index (χ0) is 17.6. The van der Waals surface area contributed by atoms with Crippen molar-refractivity contribution in [2.45, 2.75) is 6.54 Å². The summed E-state index contributed by atoms with van der Waals surface area (Å²) in [6, 6.07) is 18.0. The second-order valence-corrected chi connectivity index (χ2v) is 5.71. The molecule has 3 rings (SSSR count). The second kappa shape index (κ2) is 7.68. The van der Waals surface area contributed by atoms with Crippen molar-refractivity contribution in [3.8, 4) is 11.5 Å². The number of ether oxygens (including phenoxy) is 1. The van der Waals surface area contributed by atoms with Crippen LogP contribution in [0.2, 0.25) is 5.02 Å². The highest BCUT2D eigenvalue weighted by molar-refractivity contribution is 6.32. The van der Waals surface area contributed by atoms with E-state index in [2.05, 4.69) is 10.3 Å². The minimum atomic E-state index is -0.275. The number of halogens is 1. The summed E-state index contributed by atoms with van der Waals surface area (Å²) in [6.45, 7) is 0.340. The first-order valence-electron chi connectivity index (χ1n) is 7.63. The Morgan fingerprint density at radius 3 is 2.76 bits per heavy atom. The van der Waals surface area contributed by atoms with Gasteiger partial charge in [0, 0.05) is 12.7 Å². The Kier molecular flexibility index (Phi) is 5.16. The van der Waals surface area contributed by atoms with Crippen LogP contribution in [-0.4, -0.2) is 10.9 Å². The van der Waals surface area contributed by atoms with Crippen LogP contribution in [0.5, 0.6) is 11.5 Å². The summed E-state index contributed by atoms with van der Waals surface area (Å²) >= 11 is 6.10. The van der Waals surface area contributed by atoms with Crippen molar-refractivity contribution in [1.29, 1.82) is 0 Å². The van der Waals surface area contributed by atoms with Gasteiger partial charge in [-0.2, -0.15) is 0 Å². The van der Waals surface area contributed by atoms with Crippen LogP contribution in [0, 0.1) is 0 Å². The van der Waals surface area contributed by atoms with Crippen LogP contribution in [0.15, 0.2) is 66.9 Å². The summed E-state index contributed by atoms with van der Waals surface area (Å²) in [6.07, 6.45) is 1.54. The first kappa shape index (κ1) is 16.8. The van der Waals surface area contributed by atoms with E-state index in [1.165, 1.54) is 0 Å². The molecule has 3 N–H and O–H groups in total. The number of hydrogen-bond donors (Lipinski definition) is 2. The molecule has 0 aliphatic rings. The lowest BCUT2D eigenvalue weighted by Gasteiger charge is -2.10. The predicted octanol–water partition coefficient (Wildman–Crippen LogP) is 4.04. The molecular formula is C19H16ClN3O2. The molecule has 0 saturated carbocycles. The maximum atomic E-state index is 12.2. The average Bonchev–Trinajstić information content (AvgIpc) is 2.62. The zero-order valence-electron chi connectivity index (χ0n) is 13.3. The van der Waals surface area contributed by atoms with E-state index in [1.54, 1.807) is 30.5 Å². The molecule has 0 bridgehead atoms. The molecule has 0 spiro atoms. The minimum Gasteiger partial charge on any atom is -0.456 e. The van der Waals surface area contributed by atoms with E-state index in [1.807, 2.05) is 36.4 Å². The predicted molar refractivity (Wildman–Crippen MR) is 97.8 cm³/mol. The first-order chi connectivity index (χ1) is 12.1. The Morgan fingerprint density at radius 2 is 1.96 bits per heavy atom. The van der Waals surface area contributed by atoms with Crippen molar-refractivity contribution in [2.75, 3.05) is 5.73 Å². The van der Waals surface area contributed by atoms with E-state index < -0.39 is 0 Å². The van der Waals surface area contributed by atoms with E-state index in [0.29, 0.717) is 28.6 Å². The molecule has 126 valence electrons. The van der Waals surface area contributed by atoms with Crippen molar-refractivity contribution in [1.82, 2.24) is 10.3 Å². The van der Waals surface area contributed by atoms with E-state index in [-0.39, 0.29) is 11.7 Å². The van der Waals surface area contributed by atoms with Crippen LogP contribution >= 0.6 is 11.6 Å². The van der Waals surface area contributed by atoms with Gasteiger partial charge in [-0.05, 0) is 42.0 Å². The van der Waals surface area contributed by atoms with E-state index in [4.69, 9.17) is 22.1 Å². The molecule has 1 heterocycles. The number of hydrogen-bond acceptors (Lipinski definition) is 4. The molecule has 6 heteroatoms. The van der Waals surface area contributed by atoms with E-state index in [0.717, 1.165) is 5.56 Å². The Bertz CT molecular complexity index is 899. The number of pyridine rings is 1. The number of amides is 1. The number of rotatable bonds is 5. The Morgan fingerprint density at radius 1 is 1.12 bits per heavy atom. The van der Waals surface area contributed by atoms with Crippen molar-refractivity contribution < 1.29 is 9.53 Å². The quantitative estimate of drug-likeness (QED) is 0.725. The summed E-state index contributed by atoms with van der Waals surface area (Å²) in [5.74, 6) is 1.15. The van der Waals surface area contributed by atoms with Crippen molar-refractivity contribution >= 4 is 23.3 Å². The van der Waals surface area contributed by atoms with Gasteiger partial charge >= 0.3 is 0 Å². The van der Waals surface area contributed by atoms with Gasteiger partial charge in [0.1, 0.15) is 17.3 Å². The summed E-state index contributed by atoms with van der Waals surface area (Å²) in [7, 11) is 0. The molecule has 5 nitrogen and oxygen atoms in total. The first-order valence-corrected chi connectivity index (χ1v) is 8.01. The molecule has 2 aromatic carbocycles. The second-order valence-electron chi connectivity index (χ2n) is 5.30. The number of carbonyl (C=O) groups excluding carboxylic acids is 1. The lowest BCUT2D eigenvalue weighted by molar-refractivity contribution is 0.0951. The van der Waals surface area contributed by atoms with Crippen LogP contribution in [0.1, 0.15) is 15.9 Å². The van der Waals surface area contributed by atoms with Crippen LogP contribution in [0.25, 0.3) is 0 Å². The largest absolute Gasteiger partial charge is 0.456 e. The number of carbonyl (C=O) groups is 1. The average molecular weight is 354 g/mol. The number of nitrogens with zero attached hydrogens (tertiary/aromatic N) is 1. The molecule has 1 aromatic heterocycles. The maximum Gasteiger partial charge on any atom is 0.255 e. The van der Waals surface area contributed by atoms with Crippen molar-refractivity contribution in [3.05, 3.63) is 83.0 Å². The minimum absolute atomic E-state index is 0.204. The maximum absolute atomic E-state index is 12.2. The van der Waals surface area contributed by atoms with Crippen molar-refractivity contribution in [3.63, 3.8) is 0 Å². The van der Waals surface area contributed by atoms with Crippen LogP contribution in [0.3, 0.4) is 0 Å². The molecule has 3 aromatic rings. The van der Waals surface area contributed by atoms with Gasteiger partial charge < -0.3 is 15.8 Å². The van der Waals surface area contributed by atoms with Gasteiger partial charge in [0.05, 0.1) is 10.6 Å². The summed E-state index contributed by atoms with van der Waals surface area (Å²) < 4.78 is 5.79. The topological polar surface area (TPSA) is 77.2 Å². The van der Waals surface area contributed by atoms with Crippen LogP contribution in [-0.2, 0) is 6.54 Å². The molecule has 0 aliphatic heterocycles. The van der Waals surface area contributed by atoms with Gasteiger partial charge in [-0.3, -0.25) is 4.79 Å². The van der Waals surface area contributed by atoms with E-state index >= 15 is 0 Å². The fourth-order valence-electron chi connectivity index (χ4n) is 2.26. The van der Waals surface area contributed by atoms with Gasteiger partial charge in [-0.1, -0.05) is 35.9 Å². The molecule has 25 heavy (non-hydrogen) atoms. The van der Waals surface area contributed by atoms with Crippen LogP contribution in [0.4, 0.5) is 5.82 Å². The molecule has 0 saturated heterocycles. The number of nitrogens with one attached hydrogen (secondary N) is 1. The summed E-state index contributed by atoms with van der Waals surface area (Å²) in [5.41, 5.74) is 6.95. The fourth-order valence-corrected chi connectivity index (χ4v) is 2.43. The zero-order valence-corrected chi connectivity index (χ0v) is 14.0. The third-order valence-corrected chi connectivity index (χ3v) is 3.81. The van der Waals surface area contributed by atoms with Gasteiger partial charge in [0.2, 0.25) is 0 Å². The number of nitrogens with two attached hydrogens (primary N) is 1. The third-order valence-electron chi connectivity index (χ3n) is 3.50. The highest BCUT2D eigenvalue weighted by atomic mass is 35.5. The Hall–Kier alpha value is -3.05. The summed E-state index contributed by atoms with van der Waals surface area (Å²) in [4.78, 5) is 16.1. The van der Waals surface area contributed by atoms with Crippen LogP contribution < -0.4 is 15.8 Å². The normalized spacial score (nSPS) is 10.3. The molecule has 0 fully saturated rings. The Labute approximate surface area is 150 Å². The third kappa shape index (κ3) is 4.28. The number of aromatic nitrogens is 1. The van der Waals surface area contributed by atoms with Gasteiger partial charge in [0.25, 0.3) is 5.91 Å². The number of nitrogen functional groups attached to an aromatic ring is 1.